The number of oxazole rings is 1. The molecule has 1 aliphatic rings. The van der Waals surface area contributed by atoms with E-state index in [4.69, 9.17) is 14.1 Å². The Morgan fingerprint density at radius 1 is 1.19 bits per heavy atom. The van der Waals surface area contributed by atoms with Crippen molar-refractivity contribution in [3.05, 3.63) is 47.7 Å². The van der Waals surface area contributed by atoms with Gasteiger partial charge in [0, 0.05) is 19.6 Å². The lowest BCUT2D eigenvalue weighted by Gasteiger charge is -2.30. The molecule has 1 fully saturated rings. The third-order valence-electron chi connectivity index (χ3n) is 5.62. The second kappa shape index (κ2) is 14.4. The van der Waals surface area contributed by atoms with Gasteiger partial charge in [0.05, 0.1) is 18.8 Å². The zero-order valence-corrected chi connectivity index (χ0v) is 21.9. The Hall–Kier alpha value is -1.81. The fourth-order valence-electron chi connectivity index (χ4n) is 3.67. The van der Waals surface area contributed by atoms with Crippen molar-refractivity contribution >= 4 is 29.9 Å². The summed E-state index contributed by atoms with van der Waals surface area (Å²) in [5.41, 5.74) is 0.995. The zero-order chi connectivity index (χ0) is 21.9. The van der Waals surface area contributed by atoms with Crippen molar-refractivity contribution in [3.8, 4) is 5.75 Å². The summed E-state index contributed by atoms with van der Waals surface area (Å²) < 4.78 is 11.5. The Balaban J connectivity index is 0.00000363. The van der Waals surface area contributed by atoms with E-state index < -0.39 is 0 Å². The Labute approximate surface area is 209 Å². The van der Waals surface area contributed by atoms with Gasteiger partial charge >= 0.3 is 0 Å². The first kappa shape index (κ1) is 26.4. The van der Waals surface area contributed by atoms with E-state index in [2.05, 4.69) is 27.4 Å². The summed E-state index contributed by atoms with van der Waals surface area (Å²) in [6.07, 6.45) is 3.25. The maximum absolute atomic E-state index is 5.75. The molecule has 1 aliphatic heterocycles. The predicted molar refractivity (Wildman–Crippen MR) is 140 cm³/mol. The molecule has 178 valence electrons. The van der Waals surface area contributed by atoms with Crippen LogP contribution in [0.15, 0.2) is 39.7 Å². The van der Waals surface area contributed by atoms with Gasteiger partial charge in [-0.3, -0.25) is 9.89 Å². The normalized spacial score (nSPS) is 15.3. The number of benzene rings is 1. The first-order chi connectivity index (χ1) is 15.1. The third-order valence-corrected chi connectivity index (χ3v) is 5.62. The molecule has 7 nitrogen and oxygen atoms in total. The highest BCUT2D eigenvalue weighted by Gasteiger charge is 2.20. The van der Waals surface area contributed by atoms with Crippen molar-refractivity contribution in [3.63, 3.8) is 0 Å². The van der Waals surface area contributed by atoms with Gasteiger partial charge in [0.25, 0.3) is 0 Å². The third kappa shape index (κ3) is 8.97. The largest absolute Gasteiger partial charge is 0.494 e. The minimum absolute atomic E-state index is 0. The number of rotatable bonds is 10. The first-order valence-electron chi connectivity index (χ1n) is 11.5. The number of para-hydroxylation sites is 1. The molecule has 0 amide bonds. The number of hydrogen-bond donors (Lipinski definition) is 2. The van der Waals surface area contributed by atoms with Crippen LogP contribution < -0.4 is 15.4 Å². The molecule has 2 heterocycles. The van der Waals surface area contributed by atoms with E-state index in [1.807, 2.05) is 44.2 Å². The molecule has 32 heavy (non-hydrogen) atoms. The Morgan fingerprint density at radius 3 is 2.59 bits per heavy atom. The highest BCUT2D eigenvalue weighted by atomic mass is 127. The van der Waals surface area contributed by atoms with Gasteiger partial charge in [0.1, 0.15) is 11.5 Å². The lowest BCUT2D eigenvalue weighted by Crippen LogP contribution is -2.39. The fraction of sp³-hybridized carbons (Fsp3) is 0.583. The number of aryl methyl sites for hydroxylation is 2. The second-order valence-electron chi connectivity index (χ2n) is 8.13. The molecule has 8 heteroatoms. The monoisotopic (exact) mass is 555 g/mol. The minimum Gasteiger partial charge on any atom is -0.494 e. The summed E-state index contributed by atoms with van der Waals surface area (Å²) in [6.45, 7) is 12.3. The maximum atomic E-state index is 5.75. The van der Waals surface area contributed by atoms with Gasteiger partial charge in [-0.15, -0.1) is 24.0 Å². The number of guanidine groups is 1. The van der Waals surface area contributed by atoms with Crippen molar-refractivity contribution in [2.75, 3.05) is 39.3 Å². The molecule has 3 rings (SSSR count). The molecule has 1 saturated heterocycles. The highest BCUT2D eigenvalue weighted by molar-refractivity contribution is 14.0. The number of piperidine rings is 1. The summed E-state index contributed by atoms with van der Waals surface area (Å²) in [7, 11) is 0. The van der Waals surface area contributed by atoms with E-state index in [-0.39, 0.29) is 24.0 Å². The van der Waals surface area contributed by atoms with E-state index in [0.29, 0.717) is 12.5 Å². The summed E-state index contributed by atoms with van der Waals surface area (Å²) >= 11 is 0. The first-order valence-corrected chi connectivity index (χ1v) is 11.5. The number of aliphatic imine (C=N–C) groups is 1. The van der Waals surface area contributed by atoms with Crippen molar-refractivity contribution in [2.24, 2.45) is 10.9 Å². The van der Waals surface area contributed by atoms with Gasteiger partial charge in [-0.25, -0.2) is 4.98 Å². The van der Waals surface area contributed by atoms with Crippen molar-refractivity contribution in [2.45, 2.75) is 46.6 Å². The second-order valence-corrected chi connectivity index (χ2v) is 8.13. The molecule has 0 aliphatic carbocycles. The standard InChI is InChI=1S/C24H37N5O2.HI/c1-4-25-24(26-13-8-16-30-22-9-6-5-7-10-22)27-17-21-11-14-29(15-12-21)18-23-28-19(2)20(3)31-23;/h5-7,9-10,21H,4,8,11-18H2,1-3H3,(H2,25,26,27);1H. The van der Waals surface area contributed by atoms with Gasteiger partial charge in [0.2, 0.25) is 5.89 Å². The van der Waals surface area contributed by atoms with E-state index >= 15 is 0 Å². The van der Waals surface area contributed by atoms with Gasteiger partial charge in [0.15, 0.2) is 5.96 Å². The van der Waals surface area contributed by atoms with E-state index in [9.17, 15) is 0 Å². The number of nitrogens with zero attached hydrogens (tertiary/aromatic N) is 3. The SMILES string of the molecule is CCNC(=NCC1CCN(Cc2nc(C)c(C)o2)CC1)NCCCOc1ccccc1.I. The molecule has 0 saturated carbocycles. The van der Waals surface area contributed by atoms with Crippen LogP contribution in [0.25, 0.3) is 0 Å². The molecule has 1 aromatic heterocycles. The van der Waals surface area contributed by atoms with Gasteiger partial charge in [-0.2, -0.15) is 0 Å². The number of aromatic nitrogens is 1. The quantitative estimate of drug-likeness (QED) is 0.199. The van der Waals surface area contributed by atoms with Gasteiger partial charge in [-0.05, 0) is 71.2 Å². The van der Waals surface area contributed by atoms with Crippen LogP contribution in [0.1, 0.15) is 43.5 Å². The highest BCUT2D eigenvalue weighted by Crippen LogP contribution is 2.20. The van der Waals surface area contributed by atoms with Crippen molar-refractivity contribution in [1.29, 1.82) is 0 Å². The van der Waals surface area contributed by atoms with E-state index in [0.717, 1.165) is 87.6 Å². The number of hydrogen-bond acceptors (Lipinski definition) is 5. The number of halogens is 1. The predicted octanol–water partition coefficient (Wildman–Crippen LogP) is 4.15. The van der Waals surface area contributed by atoms with Crippen LogP contribution in [0.5, 0.6) is 5.75 Å². The molecule has 0 spiro atoms. The molecule has 2 aromatic rings. The van der Waals surface area contributed by atoms with Crippen molar-refractivity contribution in [1.82, 2.24) is 20.5 Å². The van der Waals surface area contributed by atoms with Crippen LogP contribution in [0.4, 0.5) is 0 Å². The summed E-state index contributed by atoms with van der Waals surface area (Å²) in [6, 6.07) is 9.94. The maximum Gasteiger partial charge on any atom is 0.208 e. The molecule has 0 unspecified atom stereocenters. The lowest BCUT2D eigenvalue weighted by molar-refractivity contribution is 0.166. The summed E-state index contributed by atoms with van der Waals surface area (Å²) in [5.74, 6) is 4.20. The number of ether oxygens (including phenoxy) is 1. The molecular weight excluding hydrogens is 517 g/mol. The number of nitrogens with one attached hydrogen (secondary N) is 2. The van der Waals surface area contributed by atoms with E-state index in [1.165, 1.54) is 0 Å². The molecule has 0 bridgehead atoms. The Morgan fingerprint density at radius 2 is 1.94 bits per heavy atom. The minimum atomic E-state index is 0. The van der Waals surface area contributed by atoms with Gasteiger partial charge < -0.3 is 19.8 Å². The fourth-order valence-corrected chi connectivity index (χ4v) is 3.67. The van der Waals surface area contributed by atoms with E-state index in [1.54, 1.807) is 0 Å². The average molecular weight is 556 g/mol. The van der Waals surface area contributed by atoms with Gasteiger partial charge in [-0.1, -0.05) is 18.2 Å². The van der Waals surface area contributed by atoms with Crippen LogP contribution in [-0.2, 0) is 6.54 Å². The lowest BCUT2D eigenvalue weighted by atomic mass is 9.97. The molecular formula is C24H38IN5O2. The molecule has 0 radical (unpaired) electrons. The summed E-state index contributed by atoms with van der Waals surface area (Å²) in [5, 5.41) is 6.77. The summed E-state index contributed by atoms with van der Waals surface area (Å²) in [4.78, 5) is 11.8. The molecule has 2 N–H and O–H groups in total. The van der Waals surface area contributed by atoms with Crippen LogP contribution in [0.3, 0.4) is 0 Å². The Bertz CT molecular complexity index is 784. The average Bonchev–Trinajstić information content (AvgIpc) is 3.10. The zero-order valence-electron chi connectivity index (χ0n) is 19.6. The number of likely N-dealkylation sites (tertiary alicyclic amines) is 1. The van der Waals surface area contributed by atoms with Crippen LogP contribution >= 0.6 is 24.0 Å². The smallest absolute Gasteiger partial charge is 0.208 e. The molecule has 0 atom stereocenters. The van der Waals surface area contributed by atoms with Crippen LogP contribution in [0, 0.1) is 19.8 Å². The topological polar surface area (TPSA) is 74.9 Å². The molecule has 1 aromatic carbocycles. The van der Waals surface area contributed by atoms with Crippen LogP contribution in [-0.4, -0.2) is 55.2 Å². The van der Waals surface area contributed by atoms with Crippen LogP contribution in [0.2, 0.25) is 0 Å². The van der Waals surface area contributed by atoms with Crippen molar-refractivity contribution < 1.29 is 9.15 Å². The Kier molecular flexibility index (Phi) is 11.9.